The molecule has 124 valence electrons. The van der Waals surface area contributed by atoms with Crippen molar-refractivity contribution in [3.8, 4) is 0 Å². The summed E-state index contributed by atoms with van der Waals surface area (Å²) in [4.78, 5) is 11.7. The predicted molar refractivity (Wildman–Crippen MR) is 86.8 cm³/mol. The fourth-order valence-corrected chi connectivity index (χ4v) is 2.82. The van der Waals surface area contributed by atoms with Gasteiger partial charge in [0, 0.05) is 23.6 Å². The average Bonchev–Trinajstić information content (AvgIpc) is 2.96. The van der Waals surface area contributed by atoms with Crippen molar-refractivity contribution in [2.24, 2.45) is 5.92 Å². The quantitative estimate of drug-likeness (QED) is 0.738. The number of amides is 1. The Morgan fingerprint density at radius 1 is 1.55 bits per heavy atom. The van der Waals surface area contributed by atoms with Gasteiger partial charge in [0.15, 0.2) is 0 Å². The molecule has 22 heavy (non-hydrogen) atoms. The predicted octanol–water partition coefficient (Wildman–Crippen LogP) is 2.44. The van der Waals surface area contributed by atoms with Gasteiger partial charge in [0.05, 0.1) is 0 Å². The van der Waals surface area contributed by atoms with E-state index in [1.54, 1.807) is 0 Å². The van der Waals surface area contributed by atoms with Crippen LogP contribution >= 0.6 is 24.0 Å². The van der Waals surface area contributed by atoms with Crippen LogP contribution in [0.4, 0.5) is 4.39 Å². The zero-order valence-corrected chi connectivity index (χ0v) is 13.7. The van der Waals surface area contributed by atoms with Gasteiger partial charge in [-0.15, -0.1) is 12.4 Å². The van der Waals surface area contributed by atoms with Gasteiger partial charge in [-0.05, 0) is 44.0 Å². The Hall–Kier alpha value is -0.880. The third-order valence-electron chi connectivity index (χ3n) is 3.77. The van der Waals surface area contributed by atoms with Gasteiger partial charge in [0.1, 0.15) is 11.9 Å². The number of carbonyl (C=O) groups excluding carboxylic acids is 1. The van der Waals surface area contributed by atoms with Crippen molar-refractivity contribution in [2.45, 2.75) is 25.4 Å². The number of benzene rings is 1. The maximum atomic E-state index is 13.6. The molecule has 1 aromatic carbocycles. The first kappa shape index (κ1) is 19.2. The van der Waals surface area contributed by atoms with Crippen molar-refractivity contribution in [2.75, 3.05) is 19.6 Å². The van der Waals surface area contributed by atoms with Crippen molar-refractivity contribution in [3.05, 3.63) is 34.6 Å². The molecular weight excluding hydrogens is 330 g/mol. The number of hydrogen-bond donors (Lipinski definition) is 3. The summed E-state index contributed by atoms with van der Waals surface area (Å²) >= 11 is 5.87. The molecule has 1 fully saturated rings. The molecule has 0 aliphatic carbocycles. The van der Waals surface area contributed by atoms with Gasteiger partial charge in [0.25, 0.3) is 0 Å². The molecule has 0 spiro atoms. The molecule has 0 radical (unpaired) electrons. The highest BCUT2D eigenvalue weighted by Gasteiger charge is 2.18. The topological polar surface area (TPSA) is 61.4 Å². The minimum absolute atomic E-state index is 0. The van der Waals surface area contributed by atoms with E-state index in [0.29, 0.717) is 12.3 Å². The largest absolute Gasteiger partial charge is 0.386 e. The highest BCUT2D eigenvalue weighted by Crippen LogP contribution is 2.25. The Morgan fingerprint density at radius 3 is 2.95 bits per heavy atom. The second-order valence-corrected chi connectivity index (χ2v) is 5.76. The summed E-state index contributed by atoms with van der Waals surface area (Å²) in [6, 6.07) is 4.22. The average molecular weight is 351 g/mol. The van der Waals surface area contributed by atoms with Crippen LogP contribution in [0, 0.1) is 11.7 Å². The van der Waals surface area contributed by atoms with E-state index in [-0.39, 0.29) is 35.4 Å². The number of aliphatic hydroxyl groups is 1. The monoisotopic (exact) mass is 350 g/mol. The Morgan fingerprint density at radius 2 is 2.32 bits per heavy atom. The molecule has 2 unspecified atom stereocenters. The minimum atomic E-state index is -1.14. The van der Waals surface area contributed by atoms with Crippen LogP contribution in [0.15, 0.2) is 18.2 Å². The van der Waals surface area contributed by atoms with Crippen LogP contribution in [0.2, 0.25) is 5.02 Å². The van der Waals surface area contributed by atoms with E-state index >= 15 is 0 Å². The third-order valence-corrected chi connectivity index (χ3v) is 4.10. The summed E-state index contributed by atoms with van der Waals surface area (Å²) in [5.41, 5.74) is 0.0273. The van der Waals surface area contributed by atoms with E-state index in [1.165, 1.54) is 18.2 Å². The summed E-state index contributed by atoms with van der Waals surface area (Å²) in [5.74, 6) is -0.156. The molecule has 1 aromatic rings. The molecule has 0 aromatic heterocycles. The van der Waals surface area contributed by atoms with Crippen LogP contribution < -0.4 is 10.6 Å². The molecule has 0 saturated carbocycles. The van der Waals surface area contributed by atoms with E-state index in [4.69, 9.17) is 11.6 Å². The lowest BCUT2D eigenvalue weighted by molar-refractivity contribution is -0.121. The highest BCUT2D eigenvalue weighted by atomic mass is 35.5. The SMILES string of the molecule is Cl.O=C(CCC1CCNC1)NCC(O)c1c(F)cccc1Cl. The van der Waals surface area contributed by atoms with E-state index < -0.39 is 11.9 Å². The number of rotatable bonds is 6. The van der Waals surface area contributed by atoms with Crippen molar-refractivity contribution < 1.29 is 14.3 Å². The molecule has 1 saturated heterocycles. The zero-order chi connectivity index (χ0) is 15.2. The first-order valence-corrected chi connectivity index (χ1v) is 7.55. The van der Waals surface area contributed by atoms with Crippen LogP contribution in [0.5, 0.6) is 0 Å². The lowest BCUT2D eigenvalue weighted by atomic mass is 10.0. The number of nitrogens with one attached hydrogen (secondary N) is 2. The van der Waals surface area contributed by atoms with Gasteiger partial charge in [0.2, 0.25) is 5.91 Å². The van der Waals surface area contributed by atoms with Crippen molar-refractivity contribution >= 4 is 29.9 Å². The highest BCUT2D eigenvalue weighted by molar-refractivity contribution is 6.31. The van der Waals surface area contributed by atoms with Gasteiger partial charge in [-0.1, -0.05) is 17.7 Å². The van der Waals surface area contributed by atoms with Crippen LogP contribution in [0.3, 0.4) is 0 Å². The third kappa shape index (κ3) is 5.39. The van der Waals surface area contributed by atoms with E-state index in [2.05, 4.69) is 10.6 Å². The number of carbonyl (C=O) groups is 1. The van der Waals surface area contributed by atoms with Crippen LogP contribution in [-0.2, 0) is 4.79 Å². The second-order valence-electron chi connectivity index (χ2n) is 5.35. The molecule has 2 atom stereocenters. The fraction of sp³-hybridized carbons (Fsp3) is 0.533. The molecule has 4 nitrogen and oxygen atoms in total. The maximum Gasteiger partial charge on any atom is 0.220 e. The Labute approximate surface area is 140 Å². The van der Waals surface area contributed by atoms with E-state index in [1.807, 2.05) is 0 Å². The van der Waals surface area contributed by atoms with Gasteiger partial charge < -0.3 is 15.7 Å². The fourth-order valence-electron chi connectivity index (χ4n) is 2.53. The van der Waals surface area contributed by atoms with E-state index in [9.17, 15) is 14.3 Å². The minimum Gasteiger partial charge on any atom is -0.386 e. The lowest BCUT2D eigenvalue weighted by Gasteiger charge is -2.15. The number of halogens is 3. The van der Waals surface area contributed by atoms with Crippen LogP contribution in [0.1, 0.15) is 30.9 Å². The van der Waals surface area contributed by atoms with Crippen LogP contribution in [-0.4, -0.2) is 30.6 Å². The molecule has 3 N–H and O–H groups in total. The Kier molecular flexibility index (Phi) is 8.10. The van der Waals surface area contributed by atoms with Gasteiger partial charge in [-0.3, -0.25) is 4.79 Å². The first-order valence-electron chi connectivity index (χ1n) is 7.17. The van der Waals surface area contributed by atoms with Crippen molar-refractivity contribution in [1.29, 1.82) is 0 Å². The van der Waals surface area contributed by atoms with Crippen LogP contribution in [0.25, 0.3) is 0 Å². The van der Waals surface area contributed by atoms with Gasteiger partial charge in [-0.25, -0.2) is 4.39 Å². The Bertz CT molecular complexity index is 476. The molecular formula is C15H21Cl2FN2O2. The molecule has 1 heterocycles. The van der Waals surface area contributed by atoms with Crippen molar-refractivity contribution in [1.82, 2.24) is 10.6 Å². The molecule has 7 heteroatoms. The summed E-state index contributed by atoms with van der Waals surface area (Å²) in [5, 5.41) is 16.0. The first-order chi connectivity index (χ1) is 10.1. The zero-order valence-electron chi connectivity index (χ0n) is 12.1. The maximum absolute atomic E-state index is 13.6. The molecule has 2 rings (SSSR count). The van der Waals surface area contributed by atoms with E-state index in [0.717, 1.165) is 25.9 Å². The van der Waals surface area contributed by atoms with Gasteiger partial charge in [-0.2, -0.15) is 0 Å². The normalized spacial score (nSPS) is 18.6. The Balaban J connectivity index is 0.00000242. The summed E-state index contributed by atoms with van der Waals surface area (Å²) in [7, 11) is 0. The lowest BCUT2D eigenvalue weighted by Crippen LogP contribution is -2.29. The molecule has 0 bridgehead atoms. The summed E-state index contributed by atoms with van der Waals surface area (Å²) < 4.78 is 13.6. The smallest absolute Gasteiger partial charge is 0.220 e. The number of hydrogen-bond acceptors (Lipinski definition) is 3. The number of aliphatic hydroxyl groups excluding tert-OH is 1. The van der Waals surface area contributed by atoms with Crippen molar-refractivity contribution in [3.63, 3.8) is 0 Å². The second kappa shape index (κ2) is 9.30. The molecule has 1 aliphatic heterocycles. The van der Waals surface area contributed by atoms with Gasteiger partial charge >= 0.3 is 0 Å². The summed E-state index contributed by atoms with van der Waals surface area (Å²) in [6.45, 7) is 1.93. The molecule has 1 amide bonds. The molecule has 1 aliphatic rings. The summed E-state index contributed by atoms with van der Waals surface area (Å²) in [6.07, 6.45) is 1.20. The standard InChI is InChI=1S/C15H20ClFN2O2.ClH/c16-11-2-1-3-12(17)15(11)13(20)9-19-14(21)5-4-10-6-7-18-8-10;/h1-3,10,13,18,20H,4-9H2,(H,19,21);1H.